The lowest BCUT2D eigenvalue weighted by Crippen LogP contribution is -2.17. The first-order chi connectivity index (χ1) is 7.79. The van der Waals surface area contributed by atoms with Crippen LogP contribution in [0.1, 0.15) is 20.3 Å². The van der Waals surface area contributed by atoms with Crippen LogP contribution in [0.4, 0.5) is 0 Å². The summed E-state index contributed by atoms with van der Waals surface area (Å²) in [4.78, 5) is 0. The summed E-state index contributed by atoms with van der Waals surface area (Å²) in [7, 11) is 0. The molecule has 0 unspecified atom stereocenters. The fourth-order valence-corrected chi connectivity index (χ4v) is 1.28. The molecule has 0 atom stereocenters. The number of hydrogen-bond acceptors (Lipinski definition) is 2. The van der Waals surface area contributed by atoms with Gasteiger partial charge in [-0.2, -0.15) is 0 Å². The van der Waals surface area contributed by atoms with Crippen molar-refractivity contribution in [3.63, 3.8) is 0 Å². The Morgan fingerprint density at radius 3 is 2.69 bits per heavy atom. The molecular formula is C14H21NO. The van der Waals surface area contributed by atoms with E-state index in [1.807, 2.05) is 30.3 Å². The summed E-state index contributed by atoms with van der Waals surface area (Å²) in [5.74, 6) is 0.951. The van der Waals surface area contributed by atoms with Crippen LogP contribution >= 0.6 is 0 Å². The Balaban J connectivity index is 1.98. The van der Waals surface area contributed by atoms with Gasteiger partial charge in [0.15, 0.2) is 0 Å². The highest BCUT2D eigenvalue weighted by Gasteiger charge is 1.91. The Kier molecular flexibility index (Phi) is 6.35. The minimum absolute atomic E-state index is 0.770. The molecule has 1 aromatic rings. The first kappa shape index (κ1) is 12.8. The zero-order valence-corrected chi connectivity index (χ0v) is 10.2. The van der Waals surface area contributed by atoms with Crippen molar-refractivity contribution >= 4 is 0 Å². The van der Waals surface area contributed by atoms with E-state index < -0.39 is 0 Å². The quantitative estimate of drug-likeness (QED) is 0.562. The molecule has 0 aromatic heterocycles. The molecule has 1 rings (SSSR count). The van der Waals surface area contributed by atoms with E-state index in [-0.39, 0.29) is 0 Å². The predicted octanol–water partition coefficient (Wildman–Crippen LogP) is 3.01. The zero-order valence-electron chi connectivity index (χ0n) is 10.2. The second-order valence-corrected chi connectivity index (χ2v) is 4.00. The highest BCUT2D eigenvalue weighted by atomic mass is 16.5. The molecule has 1 aromatic carbocycles. The van der Waals surface area contributed by atoms with E-state index in [1.165, 1.54) is 5.57 Å². The predicted molar refractivity (Wildman–Crippen MR) is 68.9 cm³/mol. The van der Waals surface area contributed by atoms with Crippen molar-refractivity contribution in [1.82, 2.24) is 5.32 Å². The molecule has 0 saturated carbocycles. The molecule has 0 spiro atoms. The molecule has 0 aliphatic carbocycles. The van der Waals surface area contributed by atoms with Crippen molar-refractivity contribution in [3.05, 3.63) is 42.0 Å². The van der Waals surface area contributed by atoms with Crippen molar-refractivity contribution in [2.24, 2.45) is 0 Å². The first-order valence-electron chi connectivity index (χ1n) is 5.81. The standard InChI is InChI=1S/C14H21NO/c1-13(2)9-11-15-10-6-12-16-14-7-4-3-5-8-14/h3-5,7-9,15H,6,10-12H2,1-2H3. The fraction of sp³-hybridized carbons (Fsp3) is 0.429. The minimum atomic E-state index is 0.770. The molecule has 16 heavy (non-hydrogen) atoms. The number of nitrogens with one attached hydrogen (secondary N) is 1. The summed E-state index contributed by atoms with van der Waals surface area (Å²) >= 11 is 0. The average Bonchev–Trinajstić information content (AvgIpc) is 2.29. The third-order valence-corrected chi connectivity index (χ3v) is 2.16. The van der Waals surface area contributed by atoms with Crippen LogP contribution in [-0.2, 0) is 0 Å². The Bertz CT molecular complexity index is 302. The fourth-order valence-electron chi connectivity index (χ4n) is 1.28. The van der Waals surface area contributed by atoms with Crippen LogP contribution in [0.25, 0.3) is 0 Å². The Morgan fingerprint density at radius 2 is 2.00 bits per heavy atom. The van der Waals surface area contributed by atoms with Crippen molar-refractivity contribution < 1.29 is 4.74 Å². The van der Waals surface area contributed by atoms with Crippen molar-refractivity contribution in [2.75, 3.05) is 19.7 Å². The average molecular weight is 219 g/mol. The number of benzene rings is 1. The molecule has 2 nitrogen and oxygen atoms in total. The van der Waals surface area contributed by atoms with Gasteiger partial charge in [-0.3, -0.25) is 0 Å². The van der Waals surface area contributed by atoms with E-state index in [2.05, 4.69) is 25.2 Å². The molecule has 2 heteroatoms. The van der Waals surface area contributed by atoms with Crippen LogP contribution in [0.3, 0.4) is 0 Å². The summed E-state index contributed by atoms with van der Waals surface area (Å²) in [5.41, 5.74) is 1.35. The lowest BCUT2D eigenvalue weighted by molar-refractivity contribution is 0.309. The molecule has 0 aliphatic rings. The van der Waals surface area contributed by atoms with Gasteiger partial charge in [0, 0.05) is 6.54 Å². The van der Waals surface area contributed by atoms with E-state index in [0.29, 0.717) is 0 Å². The second-order valence-electron chi connectivity index (χ2n) is 4.00. The molecule has 0 heterocycles. The maximum absolute atomic E-state index is 5.58. The molecular weight excluding hydrogens is 198 g/mol. The van der Waals surface area contributed by atoms with Gasteiger partial charge >= 0.3 is 0 Å². The van der Waals surface area contributed by atoms with Gasteiger partial charge in [0.1, 0.15) is 5.75 Å². The zero-order chi connectivity index (χ0) is 11.6. The molecule has 0 aliphatic heterocycles. The highest BCUT2D eigenvalue weighted by Crippen LogP contribution is 2.07. The van der Waals surface area contributed by atoms with Crippen LogP contribution in [0.5, 0.6) is 5.75 Å². The number of rotatable bonds is 7. The molecule has 88 valence electrons. The molecule has 0 saturated heterocycles. The van der Waals surface area contributed by atoms with Gasteiger partial charge < -0.3 is 10.1 Å². The number of para-hydroxylation sites is 1. The summed E-state index contributed by atoms with van der Waals surface area (Å²) < 4.78 is 5.58. The van der Waals surface area contributed by atoms with Gasteiger partial charge in [0.05, 0.1) is 6.61 Å². The molecule has 0 bridgehead atoms. The summed E-state index contributed by atoms with van der Waals surface area (Å²) in [5, 5.41) is 3.35. The molecule has 0 amide bonds. The third kappa shape index (κ3) is 6.25. The monoisotopic (exact) mass is 219 g/mol. The smallest absolute Gasteiger partial charge is 0.119 e. The van der Waals surface area contributed by atoms with Crippen molar-refractivity contribution in [1.29, 1.82) is 0 Å². The van der Waals surface area contributed by atoms with E-state index in [0.717, 1.165) is 31.9 Å². The van der Waals surface area contributed by atoms with Gasteiger partial charge in [0.2, 0.25) is 0 Å². The highest BCUT2D eigenvalue weighted by molar-refractivity contribution is 5.20. The molecule has 0 radical (unpaired) electrons. The van der Waals surface area contributed by atoms with Gasteiger partial charge in [-0.05, 0) is 38.9 Å². The van der Waals surface area contributed by atoms with E-state index in [4.69, 9.17) is 4.74 Å². The normalized spacial score (nSPS) is 9.88. The topological polar surface area (TPSA) is 21.3 Å². The van der Waals surface area contributed by atoms with Crippen molar-refractivity contribution in [2.45, 2.75) is 20.3 Å². The van der Waals surface area contributed by atoms with E-state index in [9.17, 15) is 0 Å². The number of ether oxygens (including phenoxy) is 1. The maximum Gasteiger partial charge on any atom is 0.119 e. The van der Waals surface area contributed by atoms with E-state index >= 15 is 0 Å². The van der Waals surface area contributed by atoms with Crippen molar-refractivity contribution in [3.8, 4) is 5.75 Å². The molecule has 1 N–H and O–H groups in total. The Morgan fingerprint density at radius 1 is 1.25 bits per heavy atom. The van der Waals surface area contributed by atoms with Crippen LogP contribution in [0, 0.1) is 0 Å². The lowest BCUT2D eigenvalue weighted by atomic mass is 10.3. The van der Waals surface area contributed by atoms with Crippen LogP contribution in [-0.4, -0.2) is 19.7 Å². The van der Waals surface area contributed by atoms with Crippen LogP contribution < -0.4 is 10.1 Å². The Labute approximate surface area is 98.3 Å². The lowest BCUT2D eigenvalue weighted by Gasteiger charge is -2.06. The summed E-state index contributed by atoms with van der Waals surface area (Å²) in [6, 6.07) is 9.94. The largest absolute Gasteiger partial charge is 0.494 e. The second kappa shape index (κ2) is 7.94. The summed E-state index contributed by atoms with van der Waals surface area (Å²) in [6.45, 7) is 6.94. The van der Waals surface area contributed by atoms with Gasteiger partial charge in [0.25, 0.3) is 0 Å². The van der Waals surface area contributed by atoms with E-state index in [1.54, 1.807) is 0 Å². The van der Waals surface area contributed by atoms with Gasteiger partial charge in [-0.1, -0.05) is 29.8 Å². The number of hydrogen-bond donors (Lipinski definition) is 1. The van der Waals surface area contributed by atoms with Crippen LogP contribution in [0.15, 0.2) is 42.0 Å². The Hall–Kier alpha value is -1.28. The SMILES string of the molecule is CC(C)=CCNCCCOc1ccccc1. The maximum atomic E-state index is 5.58. The summed E-state index contributed by atoms with van der Waals surface area (Å²) in [6.07, 6.45) is 3.23. The minimum Gasteiger partial charge on any atom is -0.494 e. The molecule has 0 fully saturated rings. The van der Waals surface area contributed by atoms with Gasteiger partial charge in [-0.25, -0.2) is 0 Å². The third-order valence-electron chi connectivity index (χ3n) is 2.16. The van der Waals surface area contributed by atoms with Crippen LogP contribution in [0.2, 0.25) is 0 Å². The van der Waals surface area contributed by atoms with Gasteiger partial charge in [-0.15, -0.1) is 0 Å². The number of allylic oxidation sites excluding steroid dienone is 1. The first-order valence-corrected chi connectivity index (χ1v) is 5.81.